The van der Waals surface area contributed by atoms with E-state index in [2.05, 4.69) is 24.0 Å². The number of hydrogen-bond acceptors (Lipinski definition) is 2. The molecule has 1 aromatic rings. The lowest BCUT2D eigenvalue weighted by Crippen LogP contribution is -2.49. The van der Waals surface area contributed by atoms with Crippen LogP contribution in [0.2, 0.25) is 0 Å². The van der Waals surface area contributed by atoms with Crippen molar-refractivity contribution in [3.8, 4) is 0 Å². The van der Waals surface area contributed by atoms with Gasteiger partial charge in [-0.1, -0.05) is 50.1 Å². The molecule has 0 spiro atoms. The summed E-state index contributed by atoms with van der Waals surface area (Å²) in [5.41, 5.74) is 1.22. The molecule has 26 heavy (non-hydrogen) atoms. The summed E-state index contributed by atoms with van der Waals surface area (Å²) in [7, 11) is 0. The van der Waals surface area contributed by atoms with Crippen molar-refractivity contribution in [1.82, 2.24) is 4.90 Å². The minimum atomic E-state index is 0.254. The van der Waals surface area contributed by atoms with E-state index in [1.165, 1.54) is 37.7 Å². The lowest BCUT2D eigenvalue weighted by Gasteiger charge is -2.44. The number of piperidine rings is 1. The van der Waals surface area contributed by atoms with Crippen LogP contribution in [0.25, 0.3) is 0 Å². The molecule has 3 atom stereocenters. The van der Waals surface area contributed by atoms with Gasteiger partial charge in [-0.2, -0.15) is 0 Å². The second-order valence-corrected chi connectivity index (χ2v) is 8.25. The van der Waals surface area contributed by atoms with Crippen molar-refractivity contribution in [2.24, 2.45) is 5.92 Å². The summed E-state index contributed by atoms with van der Waals surface area (Å²) in [6.07, 6.45) is 9.87. The molecular weight excluding hydrogens is 322 g/mol. The molecule has 1 amide bonds. The molecule has 3 rings (SSSR count). The summed E-state index contributed by atoms with van der Waals surface area (Å²) in [5, 5.41) is 0. The molecule has 2 unspecified atom stereocenters. The SMILES string of the molecule is C[C@@H](CC(=O)CCCC(=O)N1CCCC2CCCCC21)c1ccccc1. The Balaban J connectivity index is 1.41. The van der Waals surface area contributed by atoms with Crippen LogP contribution in [0.1, 0.15) is 82.6 Å². The van der Waals surface area contributed by atoms with Crippen LogP contribution in [0.15, 0.2) is 30.3 Å². The van der Waals surface area contributed by atoms with E-state index in [4.69, 9.17) is 0 Å². The van der Waals surface area contributed by atoms with Crippen molar-refractivity contribution in [3.05, 3.63) is 35.9 Å². The second-order valence-electron chi connectivity index (χ2n) is 8.25. The van der Waals surface area contributed by atoms with Gasteiger partial charge in [0, 0.05) is 31.8 Å². The normalized spacial score (nSPS) is 24.0. The smallest absolute Gasteiger partial charge is 0.222 e. The highest BCUT2D eigenvalue weighted by Gasteiger charge is 2.35. The summed E-state index contributed by atoms with van der Waals surface area (Å²) in [5.74, 6) is 1.55. The zero-order valence-corrected chi connectivity index (χ0v) is 16.2. The minimum absolute atomic E-state index is 0.254. The fourth-order valence-electron chi connectivity index (χ4n) is 4.86. The number of hydrogen-bond donors (Lipinski definition) is 0. The van der Waals surface area contributed by atoms with Gasteiger partial charge in [0.25, 0.3) is 0 Å². The maximum atomic E-state index is 12.7. The summed E-state index contributed by atoms with van der Waals surface area (Å²) < 4.78 is 0. The van der Waals surface area contributed by atoms with Gasteiger partial charge in [0.1, 0.15) is 5.78 Å². The molecule has 1 aromatic carbocycles. The lowest BCUT2D eigenvalue weighted by molar-refractivity contribution is -0.137. The number of Topliss-reactive ketones (excluding diaryl/α,β-unsaturated/α-hetero) is 1. The molecule has 3 heteroatoms. The number of likely N-dealkylation sites (tertiary alicyclic amines) is 1. The molecule has 1 aliphatic carbocycles. The van der Waals surface area contributed by atoms with E-state index in [1.54, 1.807) is 0 Å². The van der Waals surface area contributed by atoms with Crippen LogP contribution in [0, 0.1) is 5.92 Å². The fourth-order valence-corrected chi connectivity index (χ4v) is 4.86. The Hall–Kier alpha value is -1.64. The molecule has 3 nitrogen and oxygen atoms in total. The van der Waals surface area contributed by atoms with Gasteiger partial charge < -0.3 is 4.90 Å². The van der Waals surface area contributed by atoms with Crippen LogP contribution in [-0.4, -0.2) is 29.2 Å². The fraction of sp³-hybridized carbons (Fsp3) is 0.652. The highest BCUT2D eigenvalue weighted by molar-refractivity contribution is 5.81. The molecule has 1 aliphatic heterocycles. The molecule has 1 saturated heterocycles. The first-order chi connectivity index (χ1) is 12.6. The largest absolute Gasteiger partial charge is 0.339 e. The van der Waals surface area contributed by atoms with E-state index in [-0.39, 0.29) is 17.6 Å². The zero-order chi connectivity index (χ0) is 18.4. The van der Waals surface area contributed by atoms with E-state index in [0.29, 0.717) is 31.7 Å². The van der Waals surface area contributed by atoms with Gasteiger partial charge in [0.2, 0.25) is 5.91 Å². The van der Waals surface area contributed by atoms with Crippen LogP contribution in [0.5, 0.6) is 0 Å². The second kappa shape index (κ2) is 9.34. The first-order valence-electron chi connectivity index (χ1n) is 10.5. The summed E-state index contributed by atoms with van der Waals surface area (Å²) in [4.78, 5) is 27.1. The van der Waals surface area contributed by atoms with E-state index < -0.39 is 0 Å². The number of nitrogens with zero attached hydrogens (tertiary/aromatic N) is 1. The van der Waals surface area contributed by atoms with E-state index in [1.807, 2.05) is 18.2 Å². The summed E-state index contributed by atoms with van der Waals surface area (Å²) in [6.45, 7) is 3.04. The predicted octanol–water partition coefficient (Wildman–Crippen LogP) is 5.10. The van der Waals surface area contributed by atoms with Gasteiger partial charge in [-0.05, 0) is 49.5 Å². The maximum Gasteiger partial charge on any atom is 0.222 e. The molecule has 0 N–H and O–H groups in total. The Morgan fingerprint density at radius 1 is 1.04 bits per heavy atom. The van der Waals surface area contributed by atoms with E-state index >= 15 is 0 Å². The monoisotopic (exact) mass is 355 g/mol. The van der Waals surface area contributed by atoms with Crippen LogP contribution >= 0.6 is 0 Å². The van der Waals surface area contributed by atoms with Crippen molar-refractivity contribution >= 4 is 11.7 Å². The Kier molecular flexibility index (Phi) is 6.87. The van der Waals surface area contributed by atoms with Crippen molar-refractivity contribution in [3.63, 3.8) is 0 Å². The quantitative estimate of drug-likeness (QED) is 0.682. The number of ketones is 1. The third-order valence-electron chi connectivity index (χ3n) is 6.31. The highest BCUT2D eigenvalue weighted by Crippen LogP contribution is 2.35. The zero-order valence-electron chi connectivity index (χ0n) is 16.2. The third-order valence-corrected chi connectivity index (χ3v) is 6.31. The van der Waals surface area contributed by atoms with Crippen molar-refractivity contribution < 1.29 is 9.59 Å². The molecule has 142 valence electrons. The number of carbonyl (C=O) groups excluding carboxylic acids is 2. The van der Waals surface area contributed by atoms with Gasteiger partial charge in [-0.25, -0.2) is 0 Å². The Morgan fingerprint density at radius 3 is 2.58 bits per heavy atom. The van der Waals surface area contributed by atoms with Crippen molar-refractivity contribution in [2.45, 2.75) is 83.1 Å². The topological polar surface area (TPSA) is 37.4 Å². The van der Waals surface area contributed by atoms with Crippen LogP contribution < -0.4 is 0 Å². The maximum absolute atomic E-state index is 12.7. The van der Waals surface area contributed by atoms with Crippen molar-refractivity contribution in [2.75, 3.05) is 6.54 Å². The Morgan fingerprint density at radius 2 is 1.77 bits per heavy atom. The highest BCUT2D eigenvalue weighted by atomic mass is 16.2. The lowest BCUT2D eigenvalue weighted by atomic mass is 9.78. The van der Waals surface area contributed by atoms with Gasteiger partial charge in [-0.15, -0.1) is 0 Å². The molecule has 0 bridgehead atoms. The van der Waals surface area contributed by atoms with E-state index in [9.17, 15) is 9.59 Å². The Bertz CT molecular complexity index is 595. The van der Waals surface area contributed by atoms with Gasteiger partial charge >= 0.3 is 0 Å². The molecular formula is C23H33NO2. The average Bonchev–Trinajstić information content (AvgIpc) is 2.68. The minimum Gasteiger partial charge on any atom is -0.339 e. The number of amides is 1. The summed E-state index contributed by atoms with van der Waals surface area (Å²) in [6, 6.07) is 10.7. The first kappa shape index (κ1) is 19.1. The van der Waals surface area contributed by atoms with Gasteiger partial charge in [0.05, 0.1) is 0 Å². The number of rotatable bonds is 7. The molecule has 1 heterocycles. The third kappa shape index (κ3) is 4.96. The Labute approximate surface area is 158 Å². The molecule has 1 saturated carbocycles. The van der Waals surface area contributed by atoms with Crippen LogP contribution in [0.3, 0.4) is 0 Å². The van der Waals surface area contributed by atoms with Gasteiger partial charge in [0.15, 0.2) is 0 Å². The predicted molar refractivity (Wildman–Crippen MR) is 105 cm³/mol. The van der Waals surface area contributed by atoms with Crippen molar-refractivity contribution in [1.29, 1.82) is 0 Å². The van der Waals surface area contributed by atoms with Crippen LogP contribution in [0.4, 0.5) is 0 Å². The molecule has 0 aromatic heterocycles. The molecule has 2 fully saturated rings. The van der Waals surface area contributed by atoms with Crippen LogP contribution in [-0.2, 0) is 9.59 Å². The van der Waals surface area contributed by atoms with E-state index in [0.717, 1.165) is 18.9 Å². The molecule has 0 radical (unpaired) electrons. The number of fused-ring (bicyclic) bond motifs is 1. The first-order valence-corrected chi connectivity index (χ1v) is 10.5. The average molecular weight is 356 g/mol. The molecule has 2 aliphatic rings. The summed E-state index contributed by atoms with van der Waals surface area (Å²) >= 11 is 0. The number of carbonyl (C=O) groups is 2. The van der Waals surface area contributed by atoms with Gasteiger partial charge in [-0.3, -0.25) is 9.59 Å². The number of benzene rings is 1. The standard InChI is InChI=1S/C23H33NO2/c1-18(19-9-3-2-4-10-19)17-21(25)13-7-15-23(26)24-16-8-12-20-11-5-6-14-22(20)24/h2-4,9-10,18,20,22H,5-8,11-17H2,1H3/t18-,20?,22?/m0/s1.